The molecule has 20 heavy (non-hydrogen) atoms. The number of benzene rings is 1. The van der Waals surface area contributed by atoms with Crippen LogP contribution in [0.25, 0.3) is 0 Å². The SMILES string of the molecule is CNc1ccc(C(=O)NC(C)c2cc(C)oc2C)cc1. The number of amides is 1. The van der Waals surface area contributed by atoms with Crippen LogP contribution in [0, 0.1) is 13.8 Å². The predicted octanol–water partition coefficient (Wildman–Crippen LogP) is 3.43. The number of anilines is 1. The molecular formula is C16H20N2O2. The maximum absolute atomic E-state index is 12.2. The number of carbonyl (C=O) groups is 1. The third kappa shape index (κ3) is 3.02. The van der Waals surface area contributed by atoms with E-state index in [-0.39, 0.29) is 11.9 Å². The first-order valence-corrected chi connectivity index (χ1v) is 6.67. The average molecular weight is 272 g/mol. The molecule has 0 fully saturated rings. The molecule has 2 aromatic rings. The van der Waals surface area contributed by atoms with Crippen molar-refractivity contribution in [2.45, 2.75) is 26.8 Å². The van der Waals surface area contributed by atoms with Gasteiger partial charge in [0.1, 0.15) is 11.5 Å². The molecule has 0 spiro atoms. The van der Waals surface area contributed by atoms with Crippen LogP contribution < -0.4 is 10.6 Å². The van der Waals surface area contributed by atoms with Gasteiger partial charge < -0.3 is 15.1 Å². The largest absolute Gasteiger partial charge is 0.466 e. The highest BCUT2D eigenvalue weighted by molar-refractivity contribution is 5.94. The van der Waals surface area contributed by atoms with Gasteiger partial charge in [0.2, 0.25) is 0 Å². The van der Waals surface area contributed by atoms with Gasteiger partial charge in [0.15, 0.2) is 0 Å². The van der Waals surface area contributed by atoms with Gasteiger partial charge in [0.25, 0.3) is 5.91 Å². The van der Waals surface area contributed by atoms with Crippen molar-refractivity contribution in [1.29, 1.82) is 0 Å². The molecule has 0 saturated carbocycles. The van der Waals surface area contributed by atoms with Crippen molar-refractivity contribution in [3.05, 3.63) is 53.0 Å². The second-order valence-corrected chi connectivity index (χ2v) is 4.89. The molecule has 2 rings (SSSR count). The Morgan fingerprint density at radius 1 is 1.20 bits per heavy atom. The van der Waals surface area contributed by atoms with Crippen molar-refractivity contribution >= 4 is 11.6 Å². The van der Waals surface area contributed by atoms with E-state index in [2.05, 4.69) is 10.6 Å². The lowest BCUT2D eigenvalue weighted by Gasteiger charge is -2.13. The monoisotopic (exact) mass is 272 g/mol. The lowest BCUT2D eigenvalue weighted by molar-refractivity contribution is 0.0940. The van der Waals surface area contributed by atoms with Gasteiger partial charge in [0.05, 0.1) is 6.04 Å². The molecule has 0 saturated heterocycles. The molecule has 0 radical (unpaired) electrons. The fourth-order valence-electron chi connectivity index (χ4n) is 2.23. The average Bonchev–Trinajstić information content (AvgIpc) is 2.78. The van der Waals surface area contributed by atoms with E-state index < -0.39 is 0 Å². The molecule has 0 bridgehead atoms. The Morgan fingerprint density at radius 2 is 1.85 bits per heavy atom. The standard InChI is InChI=1S/C16H20N2O2/c1-10-9-15(12(3)20-10)11(2)18-16(19)13-5-7-14(17-4)8-6-13/h5-9,11,17H,1-4H3,(H,18,19). The molecule has 1 amide bonds. The Bertz CT molecular complexity index is 599. The molecule has 0 aliphatic carbocycles. The summed E-state index contributed by atoms with van der Waals surface area (Å²) in [6, 6.07) is 9.26. The van der Waals surface area contributed by atoms with Gasteiger partial charge >= 0.3 is 0 Å². The van der Waals surface area contributed by atoms with E-state index in [1.807, 2.05) is 46.0 Å². The van der Waals surface area contributed by atoms with Crippen molar-refractivity contribution in [1.82, 2.24) is 5.32 Å². The quantitative estimate of drug-likeness (QED) is 0.896. The van der Waals surface area contributed by atoms with E-state index in [9.17, 15) is 4.79 Å². The molecule has 2 N–H and O–H groups in total. The van der Waals surface area contributed by atoms with Gasteiger partial charge in [-0.25, -0.2) is 0 Å². The maximum atomic E-state index is 12.2. The van der Waals surface area contributed by atoms with E-state index in [0.717, 1.165) is 22.8 Å². The zero-order valence-corrected chi connectivity index (χ0v) is 12.3. The van der Waals surface area contributed by atoms with Gasteiger partial charge in [-0.1, -0.05) is 0 Å². The molecule has 1 unspecified atom stereocenters. The van der Waals surface area contributed by atoms with Crippen LogP contribution in [0.15, 0.2) is 34.7 Å². The fraction of sp³-hybridized carbons (Fsp3) is 0.312. The lowest BCUT2D eigenvalue weighted by atomic mass is 10.1. The summed E-state index contributed by atoms with van der Waals surface area (Å²) in [6.45, 7) is 5.77. The van der Waals surface area contributed by atoms with E-state index in [4.69, 9.17) is 4.42 Å². The summed E-state index contributed by atoms with van der Waals surface area (Å²) >= 11 is 0. The first-order valence-electron chi connectivity index (χ1n) is 6.67. The number of nitrogens with one attached hydrogen (secondary N) is 2. The molecular weight excluding hydrogens is 252 g/mol. The molecule has 1 atom stereocenters. The number of rotatable bonds is 4. The minimum atomic E-state index is -0.0848. The van der Waals surface area contributed by atoms with Gasteiger partial charge in [-0.2, -0.15) is 0 Å². The Hall–Kier alpha value is -2.23. The van der Waals surface area contributed by atoms with Gasteiger partial charge in [-0.05, 0) is 51.1 Å². The summed E-state index contributed by atoms with van der Waals surface area (Å²) in [5.41, 5.74) is 2.65. The second kappa shape index (κ2) is 5.82. The topological polar surface area (TPSA) is 54.3 Å². The smallest absolute Gasteiger partial charge is 0.251 e. The van der Waals surface area contributed by atoms with E-state index in [0.29, 0.717) is 5.56 Å². The molecule has 106 valence electrons. The predicted molar refractivity (Wildman–Crippen MR) is 80.1 cm³/mol. The molecule has 1 aromatic carbocycles. The summed E-state index contributed by atoms with van der Waals surface area (Å²) in [5.74, 6) is 1.62. The minimum absolute atomic E-state index is 0.0797. The van der Waals surface area contributed by atoms with Crippen LogP contribution in [0.5, 0.6) is 0 Å². The summed E-state index contributed by atoms with van der Waals surface area (Å²) in [7, 11) is 1.85. The van der Waals surface area contributed by atoms with E-state index in [1.165, 1.54) is 0 Å². The highest BCUT2D eigenvalue weighted by atomic mass is 16.3. The zero-order valence-electron chi connectivity index (χ0n) is 12.3. The van der Waals surface area contributed by atoms with Crippen LogP contribution in [0.1, 0.15) is 40.4 Å². The summed E-state index contributed by atoms with van der Waals surface area (Å²) in [4.78, 5) is 12.2. The Morgan fingerprint density at radius 3 is 2.35 bits per heavy atom. The van der Waals surface area contributed by atoms with Gasteiger partial charge in [-0.3, -0.25) is 4.79 Å². The molecule has 1 heterocycles. The molecule has 0 aliphatic rings. The van der Waals surface area contributed by atoms with Gasteiger partial charge in [0, 0.05) is 23.9 Å². The summed E-state index contributed by atoms with van der Waals surface area (Å²) in [6.07, 6.45) is 0. The highest BCUT2D eigenvalue weighted by Crippen LogP contribution is 2.21. The second-order valence-electron chi connectivity index (χ2n) is 4.89. The molecule has 0 aliphatic heterocycles. The third-order valence-corrected chi connectivity index (χ3v) is 3.33. The molecule has 4 heteroatoms. The van der Waals surface area contributed by atoms with Crippen molar-refractivity contribution in [2.75, 3.05) is 12.4 Å². The third-order valence-electron chi connectivity index (χ3n) is 3.33. The van der Waals surface area contributed by atoms with Crippen LogP contribution >= 0.6 is 0 Å². The van der Waals surface area contributed by atoms with Crippen LogP contribution in [0.4, 0.5) is 5.69 Å². The number of hydrogen-bond donors (Lipinski definition) is 2. The fourth-order valence-corrected chi connectivity index (χ4v) is 2.23. The van der Waals surface area contributed by atoms with E-state index in [1.54, 1.807) is 12.1 Å². The number of aryl methyl sites for hydroxylation is 2. The van der Waals surface area contributed by atoms with Crippen molar-refractivity contribution in [3.63, 3.8) is 0 Å². The van der Waals surface area contributed by atoms with Crippen LogP contribution in [0.3, 0.4) is 0 Å². The normalized spacial score (nSPS) is 12.0. The Kier molecular flexibility index (Phi) is 4.13. The number of carbonyl (C=O) groups excluding carboxylic acids is 1. The van der Waals surface area contributed by atoms with Gasteiger partial charge in [-0.15, -0.1) is 0 Å². The number of hydrogen-bond acceptors (Lipinski definition) is 3. The first kappa shape index (κ1) is 14.2. The van der Waals surface area contributed by atoms with Crippen LogP contribution in [0.2, 0.25) is 0 Å². The molecule has 4 nitrogen and oxygen atoms in total. The maximum Gasteiger partial charge on any atom is 0.251 e. The van der Waals surface area contributed by atoms with Crippen LogP contribution in [-0.2, 0) is 0 Å². The Labute approximate surface area is 119 Å². The zero-order chi connectivity index (χ0) is 14.7. The van der Waals surface area contributed by atoms with Crippen molar-refractivity contribution < 1.29 is 9.21 Å². The highest BCUT2D eigenvalue weighted by Gasteiger charge is 2.15. The van der Waals surface area contributed by atoms with E-state index >= 15 is 0 Å². The van der Waals surface area contributed by atoms with Crippen LogP contribution in [-0.4, -0.2) is 13.0 Å². The lowest BCUT2D eigenvalue weighted by Crippen LogP contribution is -2.26. The number of furan rings is 1. The summed E-state index contributed by atoms with van der Waals surface area (Å²) in [5, 5.41) is 6.01. The molecule has 1 aromatic heterocycles. The Balaban J connectivity index is 2.08. The summed E-state index contributed by atoms with van der Waals surface area (Å²) < 4.78 is 5.49. The minimum Gasteiger partial charge on any atom is -0.466 e. The van der Waals surface area contributed by atoms with Crippen molar-refractivity contribution in [3.8, 4) is 0 Å². The first-order chi connectivity index (χ1) is 9.51. The van der Waals surface area contributed by atoms with Crippen molar-refractivity contribution in [2.24, 2.45) is 0 Å².